The normalized spacial score (nSPS) is 19.1. The fraction of sp³-hybridized carbons (Fsp3) is 0.538. The van der Waals surface area contributed by atoms with Gasteiger partial charge in [-0.25, -0.2) is 4.79 Å². The Labute approximate surface area is 105 Å². The number of ether oxygens (including phenoxy) is 1. The second-order valence-corrected chi connectivity index (χ2v) is 4.71. The van der Waals surface area contributed by atoms with Gasteiger partial charge in [0.2, 0.25) is 0 Å². The lowest BCUT2D eigenvalue weighted by molar-refractivity contribution is 0.0690. The number of carboxylic acids is 1. The molecule has 1 aliphatic heterocycles. The van der Waals surface area contributed by atoms with Crippen molar-refractivity contribution in [2.24, 2.45) is 0 Å². The molecule has 0 aromatic carbocycles. The third-order valence-corrected chi connectivity index (χ3v) is 3.43. The smallest absolute Gasteiger partial charge is 0.341 e. The van der Waals surface area contributed by atoms with E-state index in [0.717, 1.165) is 25.0 Å². The molecule has 1 N–H and O–H groups in total. The van der Waals surface area contributed by atoms with Crippen molar-refractivity contribution < 1.29 is 14.6 Å². The van der Waals surface area contributed by atoms with E-state index >= 15 is 0 Å². The van der Waals surface area contributed by atoms with E-state index in [-0.39, 0.29) is 11.7 Å². The molecule has 0 radical (unpaired) electrons. The number of aromatic nitrogens is 1. The maximum absolute atomic E-state index is 12.1. The molecule has 5 nitrogen and oxygen atoms in total. The lowest BCUT2D eigenvalue weighted by atomic mass is 10.1. The molecule has 5 heteroatoms. The van der Waals surface area contributed by atoms with Crippen molar-refractivity contribution in [2.75, 3.05) is 6.61 Å². The molecule has 1 saturated heterocycles. The summed E-state index contributed by atoms with van der Waals surface area (Å²) < 4.78 is 6.94. The van der Waals surface area contributed by atoms with Crippen molar-refractivity contribution in [1.82, 2.24) is 4.57 Å². The molecule has 1 aliphatic rings. The van der Waals surface area contributed by atoms with E-state index in [0.29, 0.717) is 12.1 Å². The lowest BCUT2D eigenvalue weighted by Gasteiger charge is -2.15. The summed E-state index contributed by atoms with van der Waals surface area (Å²) in [7, 11) is 0. The van der Waals surface area contributed by atoms with Gasteiger partial charge in [0.1, 0.15) is 5.56 Å². The first-order valence-electron chi connectivity index (χ1n) is 6.06. The first-order chi connectivity index (χ1) is 8.50. The quantitative estimate of drug-likeness (QED) is 0.880. The van der Waals surface area contributed by atoms with Gasteiger partial charge < -0.3 is 14.4 Å². The molecule has 1 aromatic heterocycles. The Kier molecular flexibility index (Phi) is 3.52. The molecule has 2 heterocycles. The topological polar surface area (TPSA) is 68.5 Å². The van der Waals surface area contributed by atoms with Gasteiger partial charge in [-0.15, -0.1) is 0 Å². The molecule has 0 amide bonds. The minimum atomic E-state index is -1.16. The standard InChI is InChI=1S/C13H17NO4/c1-8-6-14(7-10-4-3-5-18-10)12(15)11(9(8)2)13(16)17/h6,10H,3-5,7H2,1-2H3,(H,16,17). The van der Waals surface area contributed by atoms with E-state index < -0.39 is 11.5 Å². The average molecular weight is 251 g/mol. The number of rotatable bonds is 3. The summed E-state index contributed by atoms with van der Waals surface area (Å²) in [6.07, 6.45) is 3.65. The van der Waals surface area contributed by atoms with Gasteiger partial charge in [-0.2, -0.15) is 0 Å². The molecule has 18 heavy (non-hydrogen) atoms. The van der Waals surface area contributed by atoms with Crippen LogP contribution in [-0.4, -0.2) is 28.4 Å². The van der Waals surface area contributed by atoms with Crippen LogP contribution in [0.5, 0.6) is 0 Å². The van der Waals surface area contributed by atoms with E-state index in [4.69, 9.17) is 9.84 Å². The second kappa shape index (κ2) is 4.94. The van der Waals surface area contributed by atoms with E-state index in [1.165, 1.54) is 4.57 Å². The van der Waals surface area contributed by atoms with Gasteiger partial charge in [-0.1, -0.05) is 0 Å². The summed E-state index contributed by atoms with van der Waals surface area (Å²) in [5.41, 5.74) is 0.773. The number of carboxylic acid groups (broad SMARTS) is 1. The monoisotopic (exact) mass is 251 g/mol. The third kappa shape index (κ3) is 2.31. The first-order valence-corrected chi connectivity index (χ1v) is 6.06. The molecule has 0 saturated carbocycles. The van der Waals surface area contributed by atoms with Crippen LogP contribution in [0.1, 0.15) is 34.3 Å². The second-order valence-electron chi connectivity index (χ2n) is 4.71. The SMILES string of the molecule is Cc1cn(CC2CCCO2)c(=O)c(C(=O)O)c1C. The predicted molar refractivity (Wildman–Crippen MR) is 66.1 cm³/mol. The van der Waals surface area contributed by atoms with Crippen molar-refractivity contribution in [2.45, 2.75) is 39.3 Å². The van der Waals surface area contributed by atoms with Crippen LogP contribution in [0.15, 0.2) is 11.0 Å². The number of hydrogen-bond donors (Lipinski definition) is 1. The Morgan fingerprint density at radius 3 is 2.83 bits per heavy atom. The van der Waals surface area contributed by atoms with Gasteiger partial charge in [-0.05, 0) is 37.8 Å². The molecule has 98 valence electrons. The van der Waals surface area contributed by atoms with Crippen LogP contribution in [0.2, 0.25) is 0 Å². The number of hydrogen-bond acceptors (Lipinski definition) is 3. The van der Waals surface area contributed by atoms with E-state index in [9.17, 15) is 9.59 Å². The Morgan fingerprint density at radius 2 is 2.28 bits per heavy atom. The maximum atomic E-state index is 12.1. The minimum absolute atomic E-state index is 0.0199. The van der Waals surface area contributed by atoms with Crippen molar-refractivity contribution in [3.8, 4) is 0 Å². The van der Waals surface area contributed by atoms with Crippen molar-refractivity contribution >= 4 is 5.97 Å². The Morgan fingerprint density at radius 1 is 1.56 bits per heavy atom. The van der Waals surface area contributed by atoms with E-state index in [1.54, 1.807) is 13.1 Å². The van der Waals surface area contributed by atoms with Crippen LogP contribution in [-0.2, 0) is 11.3 Å². The fourth-order valence-corrected chi connectivity index (χ4v) is 2.29. The fourth-order valence-electron chi connectivity index (χ4n) is 2.29. The summed E-state index contributed by atoms with van der Waals surface area (Å²) >= 11 is 0. The average Bonchev–Trinajstić information content (AvgIpc) is 2.78. The van der Waals surface area contributed by atoms with Crippen LogP contribution in [0, 0.1) is 13.8 Å². The highest BCUT2D eigenvalue weighted by atomic mass is 16.5. The maximum Gasteiger partial charge on any atom is 0.341 e. The molecular weight excluding hydrogens is 234 g/mol. The van der Waals surface area contributed by atoms with Gasteiger partial charge in [0.05, 0.1) is 12.6 Å². The summed E-state index contributed by atoms with van der Waals surface area (Å²) in [5, 5.41) is 9.11. The van der Waals surface area contributed by atoms with Crippen LogP contribution >= 0.6 is 0 Å². The zero-order valence-corrected chi connectivity index (χ0v) is 10.6. The molecular formula is C13H17NO4. The molecule has 1 unspecified atom stereocenters. The van der Waals surface area contributed by atoms with Crippen molar-refractivity contribution in [3.05, 3.63) is 33.2 Å². The van der Waals surface area contributed by atoms with Crippen LogP contribution in [0.25, 0.3) is 0 Å². The van der Waals surface area contributed by atoms with Gasteiger partial charge in [0.15, 0.2) is 0 Å². The molecule has 1 fully saturated rings. The van der Waals surface area contributed by atoms with Crippen LogP contribution in [0.4, 0.5) is 0 Å². The van der Waals surface area contributed by atoms with Gasteiger partial charge in [0.25, 0.3) is 5.56 Å². The number of aromatic carboxylic acids is 1. The van der Waals surface area contributed by atoms with Gasteiger partial charge >= 0.3 is 5.97 Å². The van der Waals surface area contributed by atoms with Gasteiger partial charge in [0, 0.05) is 12.8 Å². The minimum Gasteiger partial charge on any atom is -0.477 e. The summed E-state index contributed by atoms with van der Waals surface area (Å²) in [6.45, 7) is 4.63. The van der Waals surface area contributed by atoms with Crippen molar-refractivity contribution in [1.29, 1.82) is 0 Å². The predicted octanol–water partition coefficient (Wildman–Crippen LogP) is 1.34. The highest BCUT2D eigenvalue weighted by Crippen LogP contribution is 2.15. The van der Waals surface area contributed by atoms with Crippen molar-refractivity contribution in [3.63, 3.8) is 0 Å². The van der Waals surface area contributed by atoms with Gasteiger partial charge in [-0.3, -0.25) is 4.79 Å². The Balaban J connectivity index is 2.41. The first kappa shape index (κ1) is 12.8. The lowest BCUT2D eigenvalue weighted by Crippen LogP contribution is -2.31. The molecule has 0 bridgehead atoms. The zero-order chi connectivity index (χ0) is 13.3. The largest absolute Gasteiger partial charge is 0.477 e. The molecule has 1 aromatic rings. The number of pyridine rings is 1. The molecule has 1 atom stereocenters. The van der Waals surface area contributed by atoms with Crippen LogP contribution < -0.4 is 5.56 Å². The number of nitrogens with zero attached hydrogens (tertiary/aromatic N) is 1. The number of aryl methyl sites for hydroxylation is 1. The highest BCUT2D eigenvalue weighted by molar-refractivity contribution is 5.89. The highest BCUT2D eigenvalue weighted by Gasteiger charge is 2.20. The van der Waals surface area contributed by atoms with E-state index in [1.807, 2.05) is 6.92 Å². The third-order valence-electron chi connectivity index (χ3n) is 3.43. The summed E-state index contributed by atoms with van der Waals surface area (Å²) in [5.74, 6) is -1.16. The molecule has 0 spiro atoms. The Bertz CT molecular complexity index is 527. The Hall–Kier alpha value is -1.62. The molecule has 2 rings (SSSR count). The summed E-state index contributed by atoms with van der Waals surface area (Å²) in [6, 6.07) is 0. The summed E-state index contributed by atoms with van der Waals surface area (Å²) in [4.78, 5) is 23.2. The molecule has 0 aliphatic carbocycles. The van der Waals surface area contributed by atoms with E-state index in [2.05, 4.69) is 0 Å². The van der Waals surface area contributed by atoms with Crippen LogP contribution in [0.3, 0.4) is 0 Å². The zero-order valence-electron chi connectivity index (χ0n) is 10.6. The number of carbonyl (C=O) groups is 1.